The second-order valence-corrected chi connectivity index (χ2v) is 8.63. The second kappa shape index (κ2) is 6.33. The van der Waals surface area contributed by atoms with Crippen LogP contribution in [0, 0.1) is 13.8 Å². The summed E-state index contributed by atoms with van der Waals surface area (Å²) in [6.07, 6.45) is 1.64. The lowest BCUT2D eigenvalue weighted by molar-refractivity contribution is 0.376. The van der Waals surface area contributed by atoms with Gasteiger partial charge in [-0.15, -0.1) is 0 Å². The van der Waals surface area contributed by atoms with Crippen molar-refractivity contribution in [2.45, 2.75) is 57.4 Å². The third-order valence-corrected chi connectivity index (χ3v) is 6.70. The zero-order valence-corrected chi connectivity index (χ0v) is 15.4. The van der Waals surface area contributed by atoms with E-state index in [1.54, 1.807) is 16.4 Å². The molecule has 0 bridgehead atoms. The molecule has 24 heavy (non-hydrogen) atoms. The molecule has 1 atom stereocenters. The summed E-state index contributed by atoms with van der Waals surface area (Å²) in [6, 6.07) is 7.05. The average Bonchev–Trinajstić information content (AvgIpc) is 3.14. The van der Waals surface area contributed by atoms with Gasteiger partial charge >= 0.3 is 0 Å². The molecular formula is C18H24N2O3S. The molecule has 1 fully saturated rings. The van der Waals surface area contributed by atoms with Crippen molar-refractivity contribution in [2.75, 3.05) is 6.54 Å². The summed E-state index contributed by atoms with van der Waals surface area (Å²) in [6.45, 7) is 8.43. The van der Waals surface area contributed by atoms with E-state index in [0.717, 1.165) is 29.7 Å². The fourth-order valence-corrected chi connectivity index (χ4v) is 5.11. The molecule has 2 heterocycles. The van der Waals surface area contributed by atoms with Crippen LogP contribution in [-0.4, -0.2) is 24.4 Å². The van der Waals surface area contributed by atoms with E-state index in [0.29, 0.717) is 23.1 Å². The molecule has 1 unspecified atom stereocenters. The average molecular weight is 348 g/mol. The summed E-state index contributed by atoms with van der Waals surface area (Å²) in [5, 5.41) is 3.98. The topological polar surface area (TPSA) is 63.4 Å². The number of hydrogen-bond acceptors (Lipinski definition) is 4. The molecule has 1 saturated heterocycles. The standard InChI is InChI=1S/C18H24N2O3S/c1-12(2)15-7-9-16(10-8-15)24(21,22)20-11-5-6-17(20)18-13(3)19-23-14(18)4/h7-10,12,17H,5-6,11H2,1-4H3. The Morgan fingerprint density at radius 3 is 2.42 bits per heavy atom. The molecule has 1 aliphatic rings. The van der Waals surface area contributed by atoms with Gasteiger partial charge in [-0.2, -0.15) is 4.31 Å². The zero-order valence-electron chi connectivity index (χ0n) is 14.6. The molecule has 0 spiro atoms. The lowest BCUT2D eigenvalue weighted by Gasteiger charge is -2.24. The van der Waals surface area contributed by atoms with E-state index < -0.39 is 10.0 Å². The number of aryl methyl sites for hydroxylation is 2. The molecule has 5 nitrogen and oxygen atoms in total. The van der Waals surface area contributed by atoms with Crippen LogP contribution in [0.1, 0.15) is 61.2 Å². The SMILES string of the molecule is Cc1noc(C)c1C1CCCN1S(=O)(=O)c1ccc(C(C)C)cc1. The molecule has 0 saturated carbocycles. The lowest BCUT2D eigenvalue weighted by Crippen LogP contribution is -2.31. The van der Waals surface area contributed by atoms with Gasteiger partial charge in [-0.1, -0.05) is 31.1 Å². The molecule has 0 amide bonds. The first-order valence-electron chi connectivity index (χ1n) is 8.37. The molecule has 1 aromatic carbocycles. The largest absolute Gasteiger partial charge is 0.361 e. The number of sulfonamides is 1. The van der Waals surface area contributed by atoms with E-state index in [4.69, 9.17) is 4.52 Å². The van der Waals surface area contributed by atoms with Gasteiger partial charge in [0.1, 0.15) is 5.76 Å². The van der Waals surface area contributed by atoms with E-state index in [2.05, 4.69) is 19.0 Å². The quantitative estimate of drug-likeness (QED) is 0.839. The molecular weight excluding hydrogens is 324 g/mol. The molecule has 0 radical (unpaired) electrons. The molecule has 0 aliphatic carbocycles. The Labute approximate surface area is 143 Å². The maximum atomic E-state index is 13.1. The maximum Gasteiger partial charge on any atom is 0.243 e. The van der Waals surface area contributed by atoms with E-state index in [1.165, 1.54) is 0 Å². The van der Waals surface area contributed by atoms with Crippen LogP contribution in [0.5, 0.6) is 0 Å². The molecule has 2 aromatic rings. The highest BCUT2D eigenvalue weighted by molar-refractivity contribution is 7.89. The van der Waals surface area contributed by atoms with Crippen LogP contribution in [0.15, 0.2) is 33.7 Å². The van der Waals surface area contributed by atoms with Gasteiger partial charge in [0.2, 0.25) is 10.0 Å². The van der Waals surface area contributed by atoms with Gasteiger partial charge < -0.3 is 4.52 Å². The van der Waals surface area contributed by atoms with Crippen molar-refractivity contribution < 1.29 is 12.9 Å². The highest BCUT2D eigenvalue weighted by atomic mass is 32.2. The maximum absolute atomic E-state index is 13.1. The van der Waals surface area contributed by atoms with E-state index in [1.807, 2.05) is 26.0 Å². The molecule has 3 rings (SSSR count). The molecule has 1 aliphatic heterocycles. The van der Waals surface area contributed by atoms with E-state index >= 15 is 0 Å². The van der Waals surface area contributed by atoms with Gasteiger partial charge in [0, 0.05) is 12.1 Å². The Bertz CT molecular complexity index is 803. The van der Waals surface area contributed by atoms with Crippen LogP contribution in [0.2, 0.25) is 0 Å². The van der Waals surface area contributed by atoms with Crippen molar-refractivity contribution in [3.63, 3.8) is 0 Å². The Balaban J connectivity index is 1.96. The minimum Gasteiger partial charge on any atom is -0.361 e. The third kappa shape index (κ3) is 2.89. The predicted octanol–water partition coefficient (Wildman–Crippen LogP) is 3.94. The van der Waals surface area contributed by atoms with Crippen LogP contribution in [0.3, 0.4) is 0 Å². The van der Waals surface area contributed by atoms with Crippen molar-refractivity contribution >= 4 is 10.0 Å². The zero-order chi connectivity index (χ0) is 17.5. The number of rotatable bonds is 4. The van der Waals surface area contributed by atoms with E-state index in [9.17, 15) is 8.42 Å². The van der Waals surface area contributed by atoms with Crippen molar-refractivity contribution in [3.8, 4) is 0 Å². The lowest BCUT2D eigenvalue weighted by atomic mass is 10.0. The Morgan fingerprint density at radius 1 is 1.21 bits per heavy atom. The minimum absolute atomic E-state index is 0.189. The first-order valence-corrected chi connectivity index (χ1v) is 9.81. The van der Waals surface area contributed by atoms with Gasteiger partial charge in [0.05, 0.1) is 16.6 Å². The van der Waals surface area contributed by atoms with Gasteiger partial charge in [-0.25, -0.2) is 8.42 Å². The molecule has 130 valence electrons. The van der Waals surface area contributed by atoms with Crippen LogP contribution in [0.25, 0.3) is 0 Å². The molecule has 1 aromatic heterocycles. The third-order valence-electron chi connectivity index (χ3n) is 4.78. The summed E-state index contributed by atoms with van der Waals surface area (Å²) >= 11 is 0. The van der Waals surface area contributed by atoms with Gasteiger partial charge in [-0.3, -0.25) is 0 Å². The molecule has 0 N–H and O–H groups in total. The Hall–Kier alpha value is -1.66. The Kier molecular flexibility index (Phi) is 4.53. The summed E-state index contributed by atoms with van der Waals surface area (Å²) in [5.41, 5.74) is 2.82. The first-order chi connectivity index (χ1) is 11.3. The van der Waals surface area contributed by atoms with Crippen molar-refractivity contribution in [1.82, 2.24) is 9.46 Å². The van der Waals surface area contributed by atoms with Crippen molar-refractivity contribution in [1.29, 1.82) is 0 Å². The van der Waals surface area contributed by atoms with Crippen LogP contribution in [0.4, 0.5) is 0 Å². The minimum atomic E-state index is -3.53. The van der Waals surface area contributed by atoms with Gasteiger partial charge in [-0.05, 0) is 50.3 Å². The smallest absolute Gasteiger partial charge is 0.243 e. The summed E-state index contributed by atoms with van der Waals surface area (Å²) in [7, 11) is -3.53. The fraction of sp³-hybridized carbons (Fsp3) is 0.500. The summed E-state index contributed by atoms with van der Waals surface area (Å²) in [5.74, 6) is 1.08. The van der Waals surface area contributed by atoms with Gasteiger partial charge in [0.25, 0.3) is 0 Å². The van der Waals surface area contributed by atoms with Crippen molar-refractivity contribution in [3.05, 3.63) is 46.8 Å². The molecule has 6 heteroatoms. The van der Waals surface area contributed by atoms with Crippen LogP contribution in [-0.2, 0) is 10.0 Å². The highest BCUT2D eigenvalue weighted by Crippen LogP contribution is 2.39. The number of benzene rings is 1. The second-order valence-electron chi connectivity index (χ2n) is 6.74. The van der Waals surface area contributed by atoms with Gasteiger partial charge in [0.15, 0.2) is 0 Å². The first kappa shape index (κ1) is 17.2. The van der Waals surface area contributed by atoms with Crippen LogP contribution < -0.4 is 0 Å². The number of aromatic nitrogens is 1. The predicted molar refractivity (Wildman–Crippen MR) is 92.4 cm³/mol. The monoisotopic (exact) mass is 348 g/mol. The number of nitrogens with zero attached hydrogens (tertiary/aromatic N) is 2. The van der Waals surface area contributed by atoms with Crippen molar-refractivity contribution in [2.24, 2.45) is 0 Å². The summed E-state index contributed by atoms with van der Waals surface area (Å²) < 4.78 is 33.1. The van der Waals surface area contributed by atoms with Crippen LogP contribution >= 0.6 is 0 Å². The number of hydrogen-bond donors (Lipinski definition) is 0. The Morgan fingerprint density at radius 2 is 1.88 bits per heavy atom. The fourth-order valence-electron chi connectivity index (χ4n) is 3.44. The summed E-state index contributed by atoms with van der Waals surface area (Å²) in [4.78, 5) is 0.352. The van der Waals surface area contributed by atoms with E-state index in [-0.39, 0.29) is 6.04 Å². The normalized spacial score (nSPS) is 19.3. The highest BCUT2D eigenvalue weighted by Gasteiger charge is 2.38.